The van der Waals surface area contributed by atoms with Crippen LogP contribution in [-0.2, 0) is 9.59 Å². The van der Waals surface area contributed by atoms with E-state index < -0.39 is 35.8 Å². The number of aryl methyl sites for hydroxylation is 1. The molecule has 1 aromatic carbocycles. The standard InChI is InChI=1S/C17H18N2O5/c1-10-4-5-11-12(8-10)15(22)18(14(11)21)9-13(20)19-7-3-6-17(19,2)16(23)24/h4-5,8H,3,6-7,9H2,1-2H3,(H,23,24). The first-order valence-corrected chi connectivity index (χ1v) is 7.76. The third-order valence-electron chi connectivity index (χ3n) is 4.82. The molecule has 1 saturated heterocycles. The Bertz CT molecular complexity index is 772. The molecule has 3 amide bonds. The Kier molecular flexibility index (Phi) is 3.66. The van der Waals surface area contributed by atoms with Crippen molar-refractivity contribution in [2.45, 2.75) is 32.2 Å². The highest BCUT2D eigenvalue weighted by atomic mass is 16.4. The van der Waals surface area contributed by atoms with Gasteiger partial charge < -0.3 is 10.0 Å². The summed E-state index contributed by atoms with van der Waals surface area (Å²) in [5, 5.41) is 9.39. The molecule has 24 heavy (non-hydrogen) atoms. The number of imide groups is 1. The highest BCUT2D eigenvalue weighted by Gasteiger charge is 2.47. The number of hydrogen-bond donors (Lipinski definition) is 1. The molecular formula is C17H18N2O5. The molecule has 0 aliphatic carbocycles. The van der Waals surface area contributed by atoms with Crippen molar-refractivity contribution in [3.8, 4) is 0 Å². The summed E-state index contributed by atoms with van der Waals surface area (Å²) in [5.74, 6) is -2.63. The predicted molar refractivity (Wildman–Crippen MR) is 83.5 cm³/mol. The maximum Gasteiger partial charge on any atom is 0.329 e. The highest BCUT2D eigenvalue weighted by Crippen LogP contribution is 2.30. The first-order valence-electron chi connectivity index (χ1n) is 7.76. The number of likely N-dealkylation sites (tertiary alicyclic amines) is 1. The lowest BCUT2D eigenvalue weighted by molar-refractivity contribution is -0.155. The fraction of sp³-hybridized carbons (Fsp3) is 0.412. The van der Waals surface area contributed by atoms with Gasteiger partial charge in [0.1, 0.15) is 12.1 Å². The number of amides is 3. The number of nitrogens with zero attached hydrogens (tertiary/aromatic N) is 2. The molecule has 2 aliphatic heterocycles. The van der Waals surface area contributed by atoms with Crippen molar-refractivity contribution in [3.63, 3.8) is 0 Å². The number of aliphatic carboxylic acids is 1. The van der Waals surface area contributed by atoms with Crippen molar-refractivity contribution in [3.05, 3.63) is 34.9 Å². The van der Waals surface area contributed by atoms with Gasteiger partial charge in [-0.05, 0) is 38.8 Å². The lowest BCUT2D eigenvalue weighted by atomic mass is 9.99. The largest absolute Gasteiger partial charge is 0.480 e. The number of rotatable bonds is 3. The van der Waals surface area contributed by atoms with E-state index in [2.05, 4.69) is 0 Å². The van der Waals surface area contributed by atoms with Crippen LogP contribution in [0.2, 0.25) is 0 Å². The molecule has 7 heteroatoms. The summed E-state index contributed by atoms with van der Waals surface area (Å²) in [6, 6.07) is 4.93. The van der Waals surface area contributed by atoms with Gasteiger partial charge in [-0.1, -0.05) is 11.6 Å². The van der Waals surface area contributed by atoms with Gasteiger partial charge >= 0.3 is 5.97 Å². The van der Waals surface area contributed by atoms with E-state index in [4.69, 9.17) is 0 Å². The van der Waals surface area contributed by atoms with Crippen LogP contribution in [0.3, 0.4) is 0 Å². The fourth-order valence-electron chi connectivity index (χ4n) is 3.35. The Morgan fingerprint density at radius 2 is 1.88 bits per heavy atom. The van der Waals surface area contributed by atoms with Crippen LogP contribution in [0.15, 0.2) is 18.2 Å². The Morgan fingerprint density at radius 3 is 2.54 bits per heavy atom. The molecule has 7 nitrogen and oxygen atoms in total. The first-order chi connectivity index (χ1) is 11.3. The lowest BCUT2D eigenvalue weighted by Crippen LogP contribution is -2.53. The number of carbonyl (C=O) groups excluding carboxylic acids is 3. The van der Waals surface area contributed by atoms with E-state index >= 15 is 0 Å². The number of fused-ring (bicyclic) bond motifs is 1. The summed E-state index contributed by atoms with van der Waals surface area (Å²) in [4.78, 5) is 51.0. The average molecular weight is 330 g/mol. The third-order valence-corrected chi connectivity index (χ3v) is 4.82. The molecular weight excluding hydrogens is 312 g/mol. The molecule has 1 atom stereocenters. The Balaban J connectivity index is 1.82. The third kappa shape index (κ3) is 2.28. The topological polar surface area (TPSA) is 95.0 Å². The van der Waals surface area contributed by atoms with E-state index in [-0.39, 0.29) is 11.1 Å². The molecule has 126 valence electrons. The van der Waals surface area contributed by atoms with Crippen molar-refractivity contribution in [2.24, 2.45) is 0 Å². The Labute approximate surface area is 138 Å². The van der Waals surface area contributed by atoms with Gasteiger partial charge in [0.2, 0.25) is 5.91 Å². The number of carboxylic acid groups (broad SMARTS) is 1. The molecule has 2 aliphatic rings. The van der Waals surface area contributed by atoms with E-state index in [1.165, 1.54) is 11.8 Å². The van der Waals surface area contributed by atoms with Crippen LogP contribution in [0, 0.1) is 6.92 Å². The van der Waals surface area contributed by atoms with Gasteiger partial charge in [-0.15, -0.1) is 0 Å². The number of hydrogen-bond acceptors (Lipinski definition) is 4. The lowest BCUT2D eigenvalue weighted by Gasteiger charge is -2.32. The summed E-state index contributed by atoms with van der Waals surface area (Å²) in [6.45, 7) is 3.18. The minimum absolute atomic E-state index is 0.279. The summed E-state index contributed by atoms with van der Waals surface area (Å²) in [5.41, 5.74) is 0.129. The Morgan fingerprint density at radius 1 is 1.21 bits per heavy atom. The second-order valence-electron chi connectivity index (χ2n) is 6.47. The summed E-state index contributed by atoms with van der Waals surface area (Å²) in [7, 11) is 0. The van der Waals surface area contributed by atoms with Crippen LogP contribution in [-0.4, -0.2) is 57.2 Å². The van der Waals surface area contributed by atoms with E-state index in [0.29, 0.717) is 19.4 Å². The van der Waals surface area contributed by atoms with Crippen LogP contribution >= 0.6 is 0 Å². The van der Waals surface area contributed by atoms with Crippen molar-refractivity contribution < 1.29 is 24.3 Å². The zero-order valence-electron chi connectivity index (χ0n) is 13.5. The normalized spacial score (nSPS) is 22.9. The average Bonchev–Trinajstić information content (AvgIpc) is 3.03. The van der Waals surface area contributed by atoms with E-state index in [0.717, 1.165) is 10.5 Å². The SMILES string of the molecule is Cc1ccc2c(c1)C(=O)N(CC(=O)N1CCCC1(C)C(=O)O)C2=O. The zero-order chi connectivity index (χ0) is 17.6. The van der Waals surface area contributed by atoms with E-state index in [1.54, 1.807) is 18.2 Å². The van der Waals surface area contributed by atoms with Crippen LogP contribution in [0.25, 0.3) is 0 Å². The molecule has 1 aromatic rings. The minimum atomic E-state index is -1.29. The number of benzene rings is 1. The van der Waals surface area contributed by atoms with Crippen molar-refractivity contribution >= 4 is 23.7 Å². The maximum absolute atomic E-state index is 12.5. The molecule has 3 rings (SSSR count). The molecule has 0 spiro atoms. The predicted octanol–water partition coefficient (Wildman–Crippen LogP) is 1.06. The monoisotopic (exact) mass is 330 g/mol. The van der Waals surface area contributed by atoms with Crippen molar-refractivity contribution in [1.82, 2.24) is 9.80 Å². The fourth-order valence-corrected chi connectivity index (χ4v) is 3.35. The molecule has 1 fully saturated rings. The van der Waals surface area contributed by atoms with Gasteiger partial charge in [-0.2, -0.15) is 0 Å². The first kappa shape index (κ1) is 16.2. The zero-order valence-corrected chi connectivity index (χ0v) is 13.5. The summed E-state index contributed by atoms with van der Waals surface area (Å²) in [6.07, 6.45) is 0.936. The maximum atomic E-state index is 12.5. The van der Waals surface area contributed by atoms with Gasteiger partial charge in [0, 0.05) is 6.54 Å². The Hall–Kier alpha value is -2.70. The smallest absolute Gasteiger partial charge is 0.329 e. The summed E-state index contributed by atoms with van der Waals surface area (Å²) >= 11 is 0. The molecule has 2 heterocycles. The van der Waals surface area contributed by atoms with Crippen molar-refractivity contribution in [1.29, 1.82) is 0 Å². The van der Waals surface area contributed by atoms with Crippen LogP contribution in [0.5, 0.6) is 0 Å². The van der Waals surface area contributed by atoms with Gasteiger partial charge in [0.05, 0.1) is 11.1 Å². The van der Waals surface area contributed by atoms with Gasteiger partial charge in [0.25, 0.3) is 11.8 Å². The second-order valence-corrected chi connectivity index (χ2v) is 6.47. The molecule has 0 radical (unpaired) electrons. The highest BCUT2D eigenvalue weighted by molar-refractivity contribution is 6.22. The molecule has 1 unspecified atom stereocenters. The van der Waals surface area contributed by atoms with Crippen LogP contribution in [0.4, 0.5) is 0 Å². The van der Waals surface area contributed by atoms with Gasteiger partial charge in [-0.3, -0.25) is 19.3 Å². The number of carboxylic acids is 1. The molecule has 0 aromatic heterocycles. The summed E-state index contributed by atoms with van der Waals surface area (Å²) < 4.78 is 0. The second kappa shape index (κ2) is 5.43. The van der Waals surface area contributed by atoms with E-state index in [1.807, 2.05) is 6.92 Å². The number of carbonyl (C=O) groups is 4. The van der Waals surface area contributed by atoms with Gasteiger partial charge in [-0.25, -0.2) is 4.79 Å². The minimum Gasteiger partial charge on any atom is -0.480 e. The van der Waals surface area contributed by atoms with E-state index in [9.17, 15) is 24.3 Å². The van der Waals surface area contributed by atoms with Crippen LogP contribution < -0.4 is 0 Å². The van der Waals surface area contributed by atoms with Crippen molar-refractivity contribution in [2.75, 3.05) is 13.1 Å². The van der Waals surface area contributed by atoms with Crippen LogP contribution in [0.1, 0.15) is 46.0 Å². The molecule has 0 saturated carbocycles. The molecule has 0 bridgehead atoms. The molecule has 1 N–H and O–H groups in total. The van der Waals surface area contributed by atoms with Gasteiger partial charge in [0.15, 0.2) is 0 Å². The quantitative estimate of drug-likeness (QED) is 0.836.